The number of carbonyl (C=O) groups is 2. The van der Waals surface area contributed by atoms with Crippen LogP contribution < -0.4 is 4.90 Å². The van der Waals surface area contributed by atoms with Crippen LogP contribution in [0.25, 0.3) is 0 Å². The van der Waals surface area contributed by atoms with E-state index in [0.717, 1.165) is 43.7 Å². The van der Waals surface area contributed by atoms with Crippen LogP contribution >= 0.6 is 0 Å². The normalized spacial score (nSPS) is 20.0. The fourth-order valence-corrected chi connectivity index (χ4v) is 5.19. The number of hydrogen-bond donors (Lipinski definition) is 1. The van der Waals surface area contributed by atoms with E-state index in [0.29, 0.717) is 38.3 Å². The van der Waals surface area contributed by atoms with Gasteiger partial charge < -0.3 is 19.8 Å². The van der Waals surface area contributed by atoms with E-state index in [2.05, 4.69) is 40.1 Å². The fraction of sp³-hybridized carbons (Fsp3) is 0.462. The van der Waals surface area contributed by atoms with Crippen LogP contribution in [0.1, 0.15) is 27.0 Å². The molecule has 174 valence electrons. The third-order valence-electron chi connectivity index (χ3n) is 7.19. The van der Waals surface area contributed by atoms with E-state index in [1.54, 1.807) is 9.80 Å². The molecule has 3 aliphatic rings. The van der Waals surface area contributed by atoms with Crippen LogP contribution in [0.15, 0.2) is 42.5 Å². The molecule has 1 N–H and O–H groups in total. The number of anilines is 1. The van der Waals surface area contributed by atoms with E-state index in [1.807, 2.05) is 19.2 Å². The Balaban J connectivity index is 1.19. The smallest absolute Gasteiger partial charge is 0.254 e. The Kier molecular flexibility index (Phi) is 6.08. The van der Waals surface area contributed by atoms with E-state index in [-0.39, 0.29) is 11.8 Å². The van der Waals surface area contributed by atoms with E-state index < -0.39 is 6.10 Å². The molecule has 0 aromatic heterocycles. The number of amides is 2. The van der Waals surface area contributed by atoms with Gasteiger partial charge in [0.2, 0.25) is 5.91 Å². The van der Waals surface area contributed by atoms with Crippen molar-refractivity contribution in [1.82, 2.24) is 14.7 Å². The van der Waals surface area contributed by atoms with E-state index >= 15 is 0 Å². The zero-order valence-electron chi connectivity index (χ0n) is 19.2. The van der Waals surface area contributed by atoms with Crippen molar-refractivity contribution < 1.29 is 14.7 Å². The maximum atomic E-state index is 13.1. The summed E-state index contributed by atoms with van der Waals surface area (Å²) in [6.45, 7) is 5.20. The highest BCUT2D eigenvalue weighted by Gasteiger charge is 2.29. The number of fused-ring (bicyclic) bond motifs is 2. The fourth-order valence-electron chi connectivity index (χ4n) is 5.19. The van der Waals surface area contributed by atoms with Gasteiger partial charge in [-0.2, -0.15) is 0 Å². The molecule has 1 atom stereocenters. The second-order valence-electron chi connectivity index (χ2n) is 9.49. The Labute approximate surface area is 195 Å². The first-order chi connectivity index (χ1) is 16.0. The third-order valence-corrected chi connectivity index (χ3v) is 7.19. The molecule has 2 aromatic carbocycles. The number of aliphatic hydroxyl groups excluding tert-OH is 1. The van der Waals surface area contributed by atoms with E-state index in [9.17, 15) is 14.7 Å². The van der Waals surface area contributed by atoms with Gasteiger partial charge in [-0.3, -0.25) is 14.5 Å². The number of benzene rings is 2. The first-order valence-electron chi connectivity index (χ1n) is 11.9. The zero-order chi connectivity index (χ0) is 22.9. The Morgan fingerprint density at radius 3 is 2.48 bits per heavy atom. The maximum Gasteiger partial charge on any atom is 0.254 e. The van der Waals surface area contributed by atoms with Crippen molar-refractivity contribution in [2.24, 2.45) is 0 Å². The lowest BCUT2D eigenvalue weighted by Gasteiger charge is -2.35. The second-order valence-corrected chi connectivity index (χ2v) is 9.49. The molecule has 1 unspecified atom stereocenters. The lowest BCUT2D eigenvalue weighted by atomic mass is 9.97. The van der Waals surface area contributed by atoms with Crippen LogP contribution in [-0.4, -0.2) is 90.6 Å². The minimum absolute atomic E-state index is 0.0136. The summed E-state index contributed by atoms with van der Waals surface area (Å²) in [4.78, 5) is 33.1. The van der Waals surface area contributed by atoms with Gasteiger partial charge in [-0.25, -0.2) is 0 Å². The number of carbonyl (C=O) groups excluding carboxylic acids is 2. The highest BCUT2D eigenvalue weighted by molar-refractivity contribution is 5.97. The van der Waals surface area contributed by atoms with Gasteiger partial charge in [-0.1, -0.05) is 24.3 Å². The van der Waals surface area contributed by atoms with Crippen LogP contribution in [0.3, 0.4) is 0 Å². The number of hydrogen-bond acceptors (Lipinski definition) is 5. The minimum Gasteiger partial charge on any atom is -0.390 e. The van der Waals surface area contributed by atoms with Crippen molar-refractivity contribution in [2.45, 2.75) is 25.5 Å². The predicted molar refractivity (Wildman–Crippen MR) is 127 cm³/mol. The number of likely N-dealkylation sites (N-methyl/N-ethyl adjacent to an activating group) is 1. The van der Waals surface area contributed by atoms with Crippen LogP contribution in [-0.2, 0) is 24.2 Å². The molecule has 1 fully saturated rings. The lowest BCUT2D eigenvalue weighted by Crippen LogP contribution is -2.48. The van der Waals surface area contributed by atoms with Crippen molar-refractivity contribution >= 4 is 17.5 Å². The van der Waals surface area contributed by atoms with Gasteiger partial charge in [0.15, 0.2) is 0 Å². The molecule has 0 radical (unpaired) electrons. The summed E-state index contributed by atoms with van der Waals surface area (Å²) in [5.74, 6) is 0.104. The second kappa shape index (κ2) is 9.15. The van der Waals surface area contributed by atoms with Gasteiger partial charge in [0.05, 0.1) is 12.6 Å². The molecule has 7 heteroatoms. The molecule has 0 saturated carbocycles. The molecule has 0 spiro atoms. The summed E-state index contributed by atoms with van der Waals surface area (Å²) in [5, 5.41) is 10.7. The van der Waals surface area contributed by atoms with Crippen molar-refractivity contribution in [1.29, 1.82) is 0 Å². The van der Waals surface area contributed by atoms with Crippen molar-refractivity contribution in [3.8, 4) is 0 Å². The molecule has 3 aliphatic heterocycles. The largest absolute Gasteiger partial charge is 0.390 e. The van der Waals surface area contributed by atoms with Gasteiger partial charge in [-0.05, 0) is 47.7 Å². The number of aliphatic hydroxyl groups is 1. The molecule has 0 aliphatic carbocycles. The first kappa shape index (κ1) is 21.9. The van der Waals surface area contributed by atoms with Crippen LogP contribution in [0.2, 0.25) is 0 Å². The van der Waals surface area contributed by atoms with Crippen molar-refractivity contribution in [2.75, 3.05) is 57.8 Å². The Morgan fingerprint density at radius 1 is 0.879 bits per heavy atom. The Hall–Kier alpha value is -2.90. The van der Waals surface area contributed by atoms with E-state index in [4.69, 9.17) is 0 Å². The summed E-state index contributed by atoms with van der Waals surface area (Å²) in [7, 11) is 1.83. The molecule has 33 heavy (non-hydrogen) atoms. The number of β-amino-alcohol motifs (C(OH)–C–C–N with tert-alkyl or cyclic N) is 1. The molecule has 2 aromatic rings. The molecule has 7 nitrogen and oxygen atoms in total. The summed E-state index contributed by atoms with van der Waals surface area (Å²) in [6.07, 6.45) is 1.19. The zero-order valence-corrected chi connectivity index (χ0v) is 19.2. The van der Waals surface area contributed by atoms with Gasteiger partial charge in [0.25, 0.3) is 5.91 Å². The average molecular weight is 449 g/mol. The van der Waals surface area contributed by atoms with Gasteiger partial charge in [0.1, 0.15) is 0 Å². The average Bonchev–Trinajstić information content (AvgIpc) is 2.82. The molecule has 2 amide bonds. The summed E-state index contributed by atoms with van der Waals surface area (Å²) in [5.41, 5.74) is 5.47. The molecule has 3 heterocycles. The number of rotatable bonds is 5. The highest BCUT2D eigenvalue weighted by atomic mass is 16.3. The Morgan fingerprint density at radius 2 is 1.67 bits per heavy atom. The first-order valence-corrected chi connectivity index (χ1v) is 11.9. The summed E-state index contributed by atoms with van der Waals surface area (Å²) >= 11 is 0. The number of nitrogens with zero attached hydrogens (tertiary/aromatic N) is 4. The SMILES string of the molecule is CN1CCN(c2ccc3c(c2)CCN(CC(O)CN2CCc4ccccc4C2)C3=O)CC1=O. The van der Waals surface area contributed by atoms with Crippen LogP contribution in [0, 0.1) is 0 Å². The standard InChI is InChI=1S/C26H32N4O3/c1-27-12-13-29(18-25(27)32)22-6-7-24-20(14-22)9-11-30(26(24)33)17-23(31)16-28-10-8-19-4-2-3-5-21(19)15-28/h2-7,14,23,31H,8-13,15-18H2,1H3. The maximum absolute atomic E-state index is 13.1. The molecule has 0 bridgehead atoms. The lowest BCUT2D eigenvalue weighted by molar-refractivity contribution is -0.129. The highest BCUT2D eigenvalue weighted by Crippen LogP contribution is 2.26. The van der Waals surface area contributed by atoms with Crippen molar-refractivity contribution in [3.05, 3.63) is 64.7 Å². The predicted octanol–water partition coefficient (Wildman–Crippen LogP) is 1.38. The van der Waals surface area contributed by atoms with Gasteiger partial charge in [0, 0.05) is 64.1 Å². The molecule has 5 rings (SSSR count). The quantitative estimate of drug-likeness (QED) is 0.749. The minimum atomic E-state index is -0.573. The molecular formula is C26H32N4O3. The molecule has 1 saturated heterocycles. The third kappa shape index (κ3) is 4.61. The topological polar surface area (TPSA) is 67.3 Å². The monoisotopic (exact) mass is 448 g/mol. The van der Waals surface area contributed by atoms with Gasteiger partial charge >= 0.3 is 0 Å². The molecular weight excluding hydrogens is 416 g/mol. The number of piperazine rings is 1. The Bertz CT molecular complexity index is 1060. The van der Waals surface area contributed by atoms with E-state index in [1.165, 1.54) is 11.1 Å². The summed E-state index contributed by atoms with van der Waals surface area (Å²) < 4.78 is 0. The van der Waals surface area contributed by atoms with Crippen LogP contribution in [0.5, 0.6) is 0 Å². The van der Waals surface area contributed by atoms with Gasteiger partial charge in [-0.15, -0.1) is 0 Å². The van der Waals surface area contributed by atoms with Crippen LogP contribution in [0.4, 0.5) is 5.69 Å². The van der Waals surface area contributed by atoms with Crippen molar-refractivity contribution in [3.63, 3.8) is 0 Å². The summed E-state index contributed by atoms with van der Waals surface area (Å²) in [6, 6.07) is 14.4.